The smallest absolute Gasteiger partial charge is 0.250 e. The molecule has 0 aliphatic rings. The van der Waals surface area contributed by atoms with Crippen LogP contribution in [-0.4, -0.2) is 15.9 Å². The van der Waals surface area contributed by atoms with Crippen molar-refractivity contribution in [2.75, 3.05) is 5.32 Å². The lowest BCUT2D eigenvalue weighted by Gasteiger charge is -2.07. The molecule has 5 nitrogen and oxygen atoms in total. The summed E-state index contributed by atoms with van der Waals surface area (Å²) >= 11 is 0. The van der Waals surface area contributed by atoms with Gasteiger partial charge in [0.05, 0.1) is 11.1 Å². The van der Waals surface area contributed by atoms with Crippen molar-refractivity contribution in [3.8, 4) is 11.4 Å². The highest BCUT2D eigenvalue weighted by Gasteiger charge is 2.12. The van der Waals surface area contributed by atoms with Gasteiger partial charge in [-0.05, 0) is 42.3 Å². The van der Waals surface area contributed by atoms with Crippen LogP contribution in [0.25, 0.3) is 22.4 Å². The second-order valence-electron chi connectivity index (χ2n) is 6.57. The van der Waals surface area contributed by atoms with Gasteiger partial charge in [-0.3, -0.25) is 4.79 Å². The first-order valence-corrected chi connectivity index (χ1v) is 8.78. The van der Waals surface area contributed by atoms with E-state index in [2.05, 4.69) is 52.5 Å². The normalized spacial score (nSPS) is 10.9. The van der Waals surface area contributed by atoms with E-state index < -0.39 is 5.91 Å². The van der Waals surface area contributed by atoms with Crippen LogP contribution < -0.4 is 11.1 Å². The number of nitrogens with zero attached hydrogens (tertiary/aromatic N) is 1. The zero-order valence-electron chi connectivity index (χ0n) is 15.0. The molecule has 0 unspecified atom stereocenters. The maximum absolute atomic E-state index is 11.6. The number of nitrogens with one attached hydrogen (secondary N) is 2. The largest absolute Gasteiger partial charge is 0.381 e. The van der Waals surface area contributed by atoms with Gasteiger partial charge in [-0.2, -0.15) is 0 Å². The first kappa shape index (κ1) is 16.8. The van der Waals surface area contributed by atoms with Crippen molar-refractivity contribution in [2.45, 2.75) is 13.5 Å². The lowest BCUT2D eigenvalue weighted by molar-refractivity contribution is 0.100. The van der Waals surface area contributed by atoms with Gasteiger partial charge in [0.25, 0.3) is 5.91 Å². The lowest BCUT2D eigenvalue weighted by atomic mass is 10.1. The van der Waals surface area contributed by atoms with Crippen LogP contribution in [-0.2, 0) is 6.54 Å². The Hall–Kier alpha value is -3.60. The Kier molecular flexibility index (Phi) is 4.34. The maximum atomic E-state index is 11.6. The molecular weight excluding hydrogens is 336 g/mol. The average molecular weight is 356 g/mol. The van der Waals surface area contributed by atoms with Crippen molar-refractivity contribution in [1.82, 2.24) is 9.97 Å². The molecule has 0 fully saturated rings. The third-order valence-electron chi connectivity index (χ3n) is 4.52. The molecule has 0 radical (unpaired) electrons. The van der Waals surface area contributed by atoms with Gasteiger partial charge in [0.2, 0.25) is 0 Å². The number of carbonyl (C=O) groups is 1. The number of hydrogen-bond donors (Lipinski definition) is 3. The number of hydrogen-bond acceptors (Lipinski definition) is 3. The summed E-state index contributed by atoms with van der Waals surface area (Å²) in [6.45, 7) is 2.83. The molecule has 0 spiro atoms. The van der Waals surface area contributed by atoms with Crippen LogP contribution in [0.1, 0.15) is 21.5 Å². The number of fused-ring (bicyclic) bond motifs is 1. The lowest BCUT2D eigenvalue weighted by Crippen LogP contribution is -2.11. The fourth-order valence-corrected chi connectivity index (χ4v) is 3.11. The number of benzene rings is 3. The molecule has 0 bridgehead atoms. The van der Waals surface area contributed by atoms with Crippen LogP contribution in [0.2, 0.25) is 0 Å². The van der Waals surface area contributed by atoms with E-state index in [1.165, 1.54) is 11.1 Å². The third kappa shape index (κ3) is 3.53. The summed E-state index contributed by atoms with van der Waals surface area (Å²) in [6, 6.07) is 21.9. The summed E-state index contributed by atoms with van der Waals surface area (Å²) in [5.41, 5.74) is 11.7. The average Bonchev–Trinajstić information content (AvgIpc) is 3.11. The highest BCUT2D eigenvalue weighted by atomic mass is 16.1. The summed E-state index contributed by atoms with van der Waals surface area (Å²) in [6.07, 6.45) is 0. The summed E-state index contributed by atoms with van der Waals surface area (Å²) < 4.78 is 0. The van der Waals surface area contributed by atoms with Crippen molar-refractivity contribution in [3.63, 3.8) is 0 Å². The molecule has 0 saturated carbocycles. The van der Waals surface area contributed by atoms with Gasteiger partial charge in [-0.1, -0.05) is 42.5 Å². The quantitative estimate of drug-likeness (QED) is 0.500. The first-order chi connectivity index (χ1) is 13.1. The van der Waals surface area contributed by atoms with E-state index in [-0.39, 0.29) is 0 Å². The topological polar surface area (TPSA) is 83.8 Å². The Bertz CT molecular complexity index is 1110. The molecule has 1 aromatic heterocycles. The number of anilines is 1. The van der Waals surface area contributed by atoms with E-state index in [0.29, 0.717) is 11.1 Å². The number of H-pyrrole nitrogens is 1. The highest BCUT2D eigenvalue weighted by molar-refractivity contribution is 6.04. The number of nitrogens with two attached hydrogens (primary N) is 1. The first-order valence-electron chi connectivity index (χ1n) is 8.78. The molecular formula is C22H20N4O. The standard InChI is InChI=1S/C22H20N4O/c1-14-4-2-5-17(12-14)24-13-15-8-10-16(11-9-15)22-25-19-7-3-6-18(21(23)27)20(19)26-22/h2-12,24H,13H2,1H3,(H2,23,27)(H,25,26). The molecule has 1 heterocycles. The monoisotopic (exact) mass is 356 g/mol. The predicted molar refractivity (Wildman–Crippen MR) is 109 cm³/mol. The van der Waals surface area contributed by atoms with Crippen molar-refractivity contribution < 1.29 is 4.79 Å². The molecule has 0 saturated heterocycles. The van der Waals surface area contributed by atoms with Crippen LogP contribution in [0.4, 0.5) is 5.69 Å². The zero-order valence-corrected chi connectivity index (χ0v) is 15.0. The molecule has 0 aliphatic carbocycles. The number of aromatic amines is 1. The molecule has 5 heteroatoms. The number of aromatic nitrogens is 2. The number of primary amides is 1. The van der Waals surface area contributed by atoms with E-state index >= 15 is 0 Å². The zero-order chi connectivity index (χ0) is 18.8. The van der Waals surface area contributed by atoms with Gasteiger partial charge in [-0.25, -0.2) is 4.98 Å². The minimum absolute atomic E-state index is 0.425. The second kappa shape index (κ2) is 6.96. The Morgan fingerprint density at radius 2 is 1.85 bits per heavy atom. The SMILES string of the molecule is Cc1cccc(NCc2ccc(-c3nc4c(C(N)=O)cccc4[nH]3)cc2)c1. The van der Waals surface area contributed by atoms with Crippen LogP contribution in [0.5, 0.6) is 0 Å². The summed E-state index contributed by atoms with van der Waals surface area (Å²) in [4.78, 5) is 19.4. The minimum Gasteiger partial charge on any atom is -0.381 e. The Balaban J connectivity index is 1.54. The number of rotatable bonds is 5. The van der Waals surface area contributed by atoms with Gasteiger partial charge in [0, 0.05) is 17.8 Å². The molecule has 0 aliphatic heterocycles. The molecule has 27 heavy (non-hydrogen) atoms. The molecule has 134 valence electrons. The van der Waals surface area contributed by atoms with E-state index in [1.807, 2.05) is 24.3 Å². The molecule has 4 aromatic rings. The fraction of sp³-hybridized carbons (Fsp3) is 0.0909. The number of imidazole rings is 1. The number of amides is 1. The predicted octanol–water partition coefficient (Wildman–Crippen LogP) is 4.25. The fourth-order valence-electron chi connectivity index (χ4n) is 3.11. The molecule has 3 aromatic carbocycles. The van der Waals surface area contributed by atoms with Crippen LogP contribution >= 0.6 is 0 Å². The molecule has 4 rings (SSSR count). The van der Waals surface area contributed by atoms with Gasteiger partial charge < -0.3 is 16.0 Å². The molecule has 4 N–H and O–H groups in total. The summed E-state index contributed by atoms with van der Waals surface area (Å²) in [7, 11) is 0. The second-order valence-corrected chi connectivity index (χ2v) is 6.57. The van der Waals surface area contributed by atoms with Gasteiger partial charge >= 0.3 is 0 Å². The Labute approximate surface area is 157 Å². The van der Waals surface area contributed by atoms with Crippen molar-refractivity contribution >= 4 is 22.6 Å². The Morgan fingerprint density at radius 3 is 2.59 bits per heavy atom. The van der Waals surface area contributed by atoms with Crippen molar-refractivity contribution in [3.05, 3.63) is 83.4 Å². The molecule has 1 amide bonds. The van der Waals surface area contributed by atoms with Crippen LogP contribution in [0.15, 0.2) is 66.7 Å². The van der Waals surface area contributed by atoms with Crippen molar-refractivity contribution in [2.24, 2.45) is 5.73 Å². The summed E-state index contributed by atoms with van der Waals surface area (Å²) in [5, 5.41) is 3.43. The van der Waals surface area contributed by atoms with Gasteiger partial charge in [-0.15, -0.1) is 0 Å². The van der Waals surface area contributed by atoms with Crippen LogP contribution in [0, 0.1) is 6.92 Å². The Morgan fingerprint density at radius 1 is 1.07 bits per heavy atom. The number of aryl methyl sites for hydroxylation is 1. The van der Waals surface area contributed by atoms with Gasteiger partial charge in [0.15, 0.2) is 0 Å². The van der Waals surface area contributed by atoms with Crippen LogP contribution in [0.3, 0.4) is 0 Å². The van der Waals surface area contributed by atoms with E-state index in [9.17, 15) is 4.79 Å². The minimum atomic E-state index is -0.476. The van der Waals surface area contributed by atoms with E-state index in [1.54, 1.807) is 12.1 Å². The van der Waals surface area contributed by atoms with Crippen molar-refractivity contribution in [1.29, 1.82) is 0 Å². The number of carbonyl (C=O) groups excluding carboxylic acids is 1. The van der Waals surface area contributed by atoms with E-state index in [0.717, 1.165) is 29.1 Å². The molecule has 0 atom stereocenters. The maximum Gasteiger partial charge on any atom is 0.250 e. The van der Waals surface area contributed by atoms with E-state index in [4.69, 9.17) is 5.73 Å². The van der Waals surface area contributed by atoms with Gasteiger partial charge in [0.1, 0.15) is 11.3 Å². The number of para-hydroxylation sites is 1. The highest BCUT2D eigenvalue weighted by Crippen LogP contribution is 2.23. The summed E-state index contributed by atoms with van der Waals surface area (Å²) in [5.74, 6) is 0.244. The third-order valence-corrected chi connectivity index (χ3v) is 4.52.